The Bertz CT molecular complexity index is 1190. The first-order chi connectivity index (χ1) is 15.0. The summed E-state index contributed by atoms with van der Waals surface area (Å²) in [5.41, 5.74) is 7.40. The number of anilines is 4. The van der Waals surface area contributed by atoms with Gasteiger partial charge in [0, 0.05) is 17.4 Å². The predicted molar refractivity (Wildman–Crippen MR) is 130 cm³/mol. The highest BCUT2D eigenvalue weighted by atomic mass is 15.4. The van der Waals surface area contributed by atoms with E-state index in [-0.39, 0.29) is 5.41 Å². The van der Waals surface area contributed by atoms with Gasteiger partial charge in [0.2, 0.25) is 0 Å². The maximum Gasteiger partial charge on any atom is 0.158 e. The molecule has 0 atom stereocenters. The Hall–Kier alpha value is -3.59. The van der Waals surface area contributed by atoms with Crippen molar-refractivity contribution in [2.75, 3.05) is 16.5 Å². The third-order valence-electron chi connectivity index (χ3n) is 5.92. The Morgan fingerprint density at radius 1 is 0.677 bits per heavy atom. The molecule has 0 amide bonds. The van der Waals surface area contributed by atoms with Crippen molar-refractivity contribution in [2.24, 2.45) is 0 Å². The second-order valence-electron chi connectivity index (χ2n) is 9.02. The molecule has 5 rings (SSSR count). The van der Waals surface area contributed by atoms with E-state index in [9.17, 15) is 0 Å². The molecule has 0 bridgehead atoms. The Labute approximate surface area is 184 Å². The fraction of sp³-hybridized carbons (Fsp3) is 0.179. The summed E-state index contributed by atoms with van der Waals surface area (Å²) in [6.07, 6.45) is 1.88. The van der Waals surface area contributed by atoms with E-state index in [4.69, 9.17) is 4.98 Å². The quantitative estimate of drug-likeness (QED) is 0.357. The van der Waals surface area contributed by atoms with Crippen LogP contribution in [0.25, 0.3) is 11.1 Å². The SMILES string of the molecule is CC(C)(C)c1ccc(N2CN(c3ccccc3-c3ccccc3)c3cccnc32)cc1. The van der Waals surface area contributed by atoms with E-state index in [0.717, 1.165) is 23.9 Å². The summed E-state index contributed by atoms with van der Waals surface area (Å²) in [6.45, 7) is 7.47. The number of para-hydroxylation sites is 1. The van der Waals surface area contributed by atoms with Crippen LogP contribution in [-0.4, -0.2) is 11.7 Å². The third kappa shape index (κ3) is 3.57. The summed E-state index contributed by atoms with van der Waals surface area (Å²) in [5, 5.41) is 0. The summed E-state index contributed by atoms with van der Waals surface area (Å²) in [7, 11) is 0. The molecule has 4 aromatic rings. The number of pyridine rings is 1. The molecule has 31 heavy (non-hydrogen) atoms. The fourth-order valence-corrected chi connectivity index (χ4v) is 4.21. The standard InChI is InChI=1S/C28H27N3/c1-28(2,3)22-15-17-23(18-16-22)30-20-31(26-14-9-19-29-27(26)30)25-13-8-7-12-24(25)21-10-5-4-6-11-21/h4-19H,20H2,1-3H3. The molecular formula is C28H27N3. The molecule has 3 aromatic carbocycles. The van der Waals surface area contributed by atoms with Crippen molar-refractivity contribution in [2.45, 2.75) is 26.2 Å². The van der Waals surface area contributed by atoms with E-state index in [2.05, 4.69) is 116 Å². The van der Waals surface area contributed by atoms with Gasteiger partial charge in [-0.15, -0.1) is 0 Å². The van der Waals surface area contributed by atoms with Crippen LogP contribution in [0.5, 0.6) is 0 Å². The number of nitrogens with zero attached hydrogens (tertiary/aromatic N) is 3. The topological polar surface area (TPSA) is 19.4 Å². The fourth-order valence-electron chi connectivity index (χ4n) is 4.21. The molecule has 0 radical (unpaired) electrons. The van der Waals surface area contributed by atoms with Gasteiger partial charge in [-0.25, -0.2) is 4.98 Å². The van der Waals surface area contributed by atoms with Crippen molar-refractivity contribution in [3.63, 3.8) is 0 Å². The van der Waals surface area contributed by atoms with Crippen LogP contribution in [0.15, 0.2) is 97.2 Å². The van der Waals surface area contributed by atoms with Gasteiger partial charge in [-0.2, -0.15) is 0 Å². The van der Waals surface area contributed by atoms with Gasteiger partial charge in [0.1, 0.15) is 6.67 Å². The first-order valence-electron chi connectivity index (χ1n) is 10.8. The molecule has 154 valence electrons. The lowest BCUT2D eigenvalue weighted by Crippen LogP contribution is -2.24. The minimum absolute atomic E-state index is 0.139. The Morgan fingerprint density at radius 2 is 1.35 bits per heavy atom. The highest BCUT2D eigenvalue weighted by Gasteiger charge is 2.30. The van der Waals surface area contributed by atoms with Gasteiger partial charge in [0.25, 0.3) is 0 Å². The first-order valence-corrected chi connectivity index (χ1v) is 10.8. The average Bonchev–Trinajstić information content (AvgIpc) is 3.19. The Morgan fingerprint density at radius 3 is 2.10 bits per heavy atom. The smallest absolute Gasteiger partial charge is 0.158 e. The molecule has 0 spiro atoms. The third-order valence-corrected chi connectivity index (χ3v) is 5.92. The van der Waals surface area contributed by atoms with Gasteiger partial charge in [-0.1, -0.05) is 81.4 Å². The van der Waals surface area contributed by atoms with Gasteiger partial charge < -0.3 is 9.80 Å². The zero-order valence-corrected chi connectivity index (χ0v) is 18.3. The second-order valence-corrected chi connectivity index (χ2v) is 9.02. The number of aromatic nitrogens is 1. The summed E-state index contributed by atoms with van der Waals surface area (Å²) in [6, 6.07) is 32.3. The zero-order valence-electron chi connectivity index (χ0n) is 18.3. The molecule has 0 aliphatic carbocycles. The van der Waals surface area contributed by atoms with Crippen molar-refractivity contribution < 1.29 is 0 Å². The van der Waals surface area contributed by atoms with Gasteiger partial charge >= 0.3 is 0 Å². The van der Waals surface area contributed by atoms with Crippen molar-refractivity contribution in [1.82, 2.24) is 4.98 Å². The van der Waals surface area contributed by atoms with Crippen LogP contribution in [-0.2, 0) is 5.41 Å². The number of hydrogen-bond acceptors (Lipinski definition) is 3. The van der Waals surface area contributed by atoms with Crippen LogP contribution in [0.1, 0.15) is 26.3 Å². The molecule has 3 heteroatoms. The lowest BCUT2D eigenvalue weighted by molar-refractivity contribution is 0.590. The first kappa shape index (κ1) is 19.4. The molecule has 2 heterocycles. The number of rotatable bonds is 3. The van der Waals surface area contributed by atoms with E-state index in [1.165, 1.54) is 22.4 Å². The van der Waals surface area contributed by atoms with Crippen molar-refractivity contribution in [1.29, 1.82) is 0 Å². The molecule has 0 N–H and O–H groups in total. The van der Waals surface area contributed by atoms with Crippen LogP contribution >= 0.6 is 0 Å². The lowest BCUT2D eigenvalue weighted by Gasteiger charge is -2.25. The summed E-state index contributed by atoms with van der Waals surface area (Å²) in [4.78, 5) is 9.41. The predicted octanol–water partition coefficient (Wildman–Crippen LogP) is 7.29. The van der Waals surface area contributed by atoms with E-state index in [0.29, 0.717) is 0 Å². The van der Waals surface area contributed by atoms with Crippen LogP contribution in [0.3, 0.4) is 0 Å². The van der Waals surface area contributed by atoms with Crippen LogP contribution in [0, 0.1) is 0 Å². The highest BCUT2D eigenvalue weighted by Crippen LogP contribution is 2.45. The molecule has 3 nitrogen and oxygen atoms in total. The zero-order chi connectivity index (χ0) is 21.4. The maximum absolute atomic E-state index is 4.75. The lowest BCUT2D eigenvalue weighted by atomic mass is 9.87. The average molecular weight is 406 g/mol. The largest absolute Gasteiger partial charge is 0.319 e. The maximum atomic E-state index is 4.75. The van der Waals surface area contributed by atoms with Crippen LogP contribution < -0.4 is 9.80 Å². The van der Waals surface area contributed by atoms with Gasteiger partial charge in [-0.05, 0) is 46.9 Å². The summed E-state index contributed by atoms with van der Waals surface area (Å²) in [5.74, 6) is 0.994. The van der Waals surface area contributed by atoms with Crippen LogP contribution in [0.2, 0.25) is 0 Å². The van der Waals surface area contributed by atoms with Crippen molar-refractivity contribution in [3.8, 4) is 11.1 Å². The second kappa shape index (κ2) is 7.59. The molecule has 0 fully saturated rings. The molecule has 1 aliphatic heterocycles. The molecule has 1 aromatic heterocycles. The Kier molecular flexibility index (Phi) is 4.74. The van der Waals surface area contributed by atoms with Gasteiger partial charge in [-0.3, -0.25) is 0 Å². The van der Waals surface area contributed by atoms with Gasteiger partial charge in [0.05, 0.1) is 11.4 Å². The summed E-state index contributed by atoms with van der Waals surface area (Å²) < 4.78 is 0. The molecule has 0 unspecified atom stereocenters. The Balaban J connectivity index is 1.57. The number of hydrogen-bond donors (Lipinski definition) is 0. The molecule has 1 aliphatic rings. The van der Waals surface area contributed by atoms with E-state index in [1.54, 1.807) is 0 Å². The molecule has 0 saturated carbocycles. The number of benzene rings is 3. The van der Waals surface area contributed by atoms with E-state index >= 15 is 0 Å². The minimum atomic E-state index is 0.139. The summed E-state index contributed by atoms with van der Waals surface area (Å²) >= 11 is 0. The van der Waals surface area contributed by atoms with E-state index in [1.807, 2.05) is 12.3 Å². The molecule has 0 saturated heterocycles. The number of fused-ring (bicyclic) bond motifs is 1. The van der Waals surface area contributed by atoms with Crippen molar-refractivity contribution >= 4 is 22.9 Å². The highest BCUT2D eigenvalue weighted by molar-refractivity contribution is 5.90. The monoisotopic (exact) mass is 405 g/mol. The van der Waals surface area contributed by atoms with Crippen LogP contribution in [0.4, 0.5) is 22.9 Å². The minimum Gasteiger partial charge on any atom is -0.319 e. The normalized spacial score (nSPS) is 13.4. The molecular weight excluding hydrogens is 378 g/mol. The van der Waals surface area contributed by atoms with E-state index < -0.39 is 0 Å². The van der Waals surface area contributed by atoms with Gasteiger partial charge in [0.15, 0.2) is 5.82 Å². The van der Waals surface area contributed by atoms with Crippen molar-refractivity contribution in [3.05, 3.63) is 103 Å².